The number of anilines is 1. The number of benzene rings is 2. The molecule has 2 aromatic carbocycles. The number of nitrogens with one attached hydrogen (secondary N) is 1. The van der Waals surface area contributed by atoms with Gasteiger partial charge in [0.05, 0.1) is 12.3 Å². The summed E-state index contributed by atoms with van der Waals surface area (Å²) in [5.41, 5.74) is 0.885. The molecule has 0 saturated carbocycles. The minimum atomic E-state index is -0.255. The fourth-order valence-electron chi connectivity index (χ4n) is 3.37. The zero-order valence-corrected chi connectivity index (χ0v) is 19.6. The van der Waals surface area contributed by atoms with E-state index in [1.807, 2.05) is 18.2 Å². The molecule has 1 fully saturated rings. The molecular weight excluding hydrogens is 498 g/mol. The van der Waals surface area contributed by atoms with Crippen LogP contribution in [0.4, 0.5) is 10.1 Å². The summed E-state index contributed by atoms with van der Waals surface area (Å²) in [6, 6.07) is 13.6. The third-order valence-corrected chi connectivity index (χ3v) is 4.95. The highest BCUT2D eigenvalue weighted by molar-refractivity contribution is 14.0. The van der Waals surface area contributed by atoms with Crippen molar-refractivity contribution < 1.29 is 14.2 Å². The van der Waals surface area contributed by atoms with Crippen LogP contribution in [0, 0.1) is 5.82 Å². The van der Waals surface area contributed by atoms with Gasteiger partial charge in [-0.1, -0.05) is 12.1 Å². The van der Waals surface area contributed by atoms with Crippen LogP contribution in [0.1, 0.15) is 12.8 Å². The van der Waals surface area contributed by atoms with E-state index in [-0.39, 0.29) is 29.8 Å². The maximum Gasteiger partial charge on any atom is 0.193 e. The highest BCUT2D eigenvalue weighted by Crippen LogP contribution is 2.27. The molecular formula is C22H30FIN4O2. The van der Waals surface area contributed by atoms with Gasteiger partial charge in [0.2, 0.25) is 0 Å². The quantitative estimate of drug-likeness (QED) is 0.249. The molecule has 0 unspecified atom stereocenters. The van der Waals surface area contributed by atoms with Crippen LogP contribution in [0.2, 0.25) is 0 Å². The Labute approximate surface area is 194 Å². The first-order chi connectivity index (χ1) is 14.2. The van der Waals surface area contributed by atoms with Crippen LogP contribution in [-0.4, -0.2) is 62.3 Å². The predicted molar refractivity (Wildman–Crippen MR) is 130 cm³/mol. The summed E-state index contributed by atoms with van der Waals surface area (Å²) in [4.78, 5) is 8.84. The van der Waals surface area contributed by atoms with Crippen molar-refractivity contribution in [1.82, 2.24) is 10.2 Å². The first-order valence-electron chi connectivity index (χ1n) is 10.0. The van der Waals surface area contributed by atoms with Crippen molar-refractivity contribution in [2.24, 2.45) is 4.99 Å². The number of unbranched alkanes of at least 4 members (excludes halogenated alkanes) is 1. The number of aliphatic imine (C=N–C) groups is 1. The number of nitrogens with zero attached hydrogens (tertiary/aromatic N) is 3. The van der Waals surface area contributed by atoms with Crippen LogP contribution in [0.5, 0.6) is 11.5 Å². The second-order valence-corrected chi connectivity index (χ2v) is 6.95. The molecule has 1 saturated heterocycles. The van der Waals surface area contributed by atoms with Gasteiger partial charge in [-0.3, -0.25) is 4.99 Å². The summed E-state index contributed by atoms with van der Waals surface area (Å²) in [5, 5.41) is 13.5. The minimum absolute atomic E-state index is 0. The Morgan fingerprint density at radius 1 is 1.07 bits per heavy atom. The van der Waals surface area contributed by atoms with Gasteiger partial charge in [-0.2, -0.15) is 0 Å². The fourth-order valence-corrected chi connectivity index (χ4v) is 3.37. The van der Waals surface area contributed by atoms with Crippen molar-refractivity contribution in [3.05, 3.63) is 54.3 Å². The normalized spacial score (nSPS) is 14.3. The number of hydrogen-bond donors (Lipinski definition) is 2. The Bertz CT molecular complexity index is 796. The van der Waals surface area contributed by atoms with Crippen molar-refractivity contribution in [3.63, 3.8) is 0 Å². The molecule has 2 aromatic rings. The van der Waals surface area contributed by atoms with E-state index in [2.05, 4.69) is 20.1 Å². The van der Waals surface area contributed by atoms with Gasteiger partial charge in [0.1, 0.15) is 17.3 Å². The summed E-state index contributed by atoms with van der Waals surface area (Å²) >= 11 is 0. The molecule has 0 bridgehead atoms. The number of rotatable bonds is 7. The number of aromatic hydroxyl groups is 1. The van der Waals surface area contributed by atoms with Crippen molar-refractivity contribution >= 4 is 35.6 Å². The number of hydrogen-bond acceptors (Lipinski definition) is 4. The van der Waals surface area contributed by atoms with Crippen LogP contribution in [0.15, 0.2) is 53.5 Å². The van der Waals surface area contributed by atoms with Crippen molar-refractivity contribution in [3.8, 4) is 11.5 Å². The number of phenolic OH excluding ortho intramolecular Hbond substituents is 1. The maximum absolute atomic E-state index is 12.9. The maximum atomic E-state index is 12.9. The van der Waals surface area contributed by atoms with Crippen molar-refractivity contribution in [2.45, 2.75) is 12.8 Å². The monoisotopic (exact) mass is 528 g/mol. The third-order valence-electron chi connectivity index (χ3n) is 4.95. The molecule has 2 N–H and O–H groups in total. The lowest BCUT2D eigenvalue weighted by atomic mass is 10.2. The molecule has 0 spiro atoms. The summed E-state index contributed by atoms with van der Waals surface area (Å²) in [5.74, 6) is 1.67. The fraction of sp³-hybridized carbons (Fsp3) is 0.409. The summed E-state index contributed by atoms with van der Waals surface area (Å²) < 4.78 is 18.5. The molecule has 0 atom stereocenters. The lowest BCUT2D eigenvalue weighted by Crippen LogP contribution is -2.52. The molecule has 1 heterocycles. The molecule has 1 aliphatic rings. The molecule has 0 aromatic heterocycles. The number of halogens is 2. The highest BCUT2D eigenvalue weighted by Gasteiger charge is 2.21. The molecule has 0 aliphatic carbocycles. The lowest BCUT2D eigenvalue weighted by Gasteiger charge is -2.37. The van der Waals surface area contributed by atoms with E-state index in [4.69, 9.17) is 4.74 Å². The molecule has 6 nitrogen and oxygen atoms in total. The minimum Gasteiger partial charge on any atom is -0.506 e. The Kier molecular flexibility index (Phi) is 9.99. The zero-order chi connectivity index (χ0) is 20.5. The molecule has 30 heavy (non-hydrogen) atoms. The number of guanidine groups is 1. The van der Waals surface area contributed by atoms with Crippen molar-refractivity contribution in [1.29, 1.82) is 0 Å². The summed E-state index contributed by atoms with van der Waals surface area (Å²) in [6.07, 6.45) is 1.86. The molecule has 164 valence electrons. The van der Waals surface area contributed by atoms with Crippen LogP contribution >= 0.6 is 24.0 Å². The van der Waals surface area contributed by atoms with Gasteiger partial charge >= 0.3 is 0 Å². The van der Waals surface area contributed by atoms with E-state index < -0.39 is 0 Å². The van der Waals surface area contributed by atoms with Crippen molar-refractivity contribution in [2.75, 3.05) is 51.3 Å². The lowest BCUT2D eigenvalue weighted by molar-refractivity contribution is 0.305. The molecule has 0 amide bonds. The van der Waals surface area contributed by atoms with Gasteiger partial charge in [-0.25, -0.2) is 4.39 Å². The Hall–Kier alpha value is -2.23. The van der Waals surface area contributed by atoms with Gasteiger partial charge in [0.15, 0.2) is 5.96 Å². The van der Waals surface area contributed by atoms with E-state index in [0.717, 1.165) is 57.2 Å². The Balaban J connectivity index is 0.00000320. The van der Waals surface area contributed by atoms with Gasteiger partial charge in [-0.15, -0.1) is 24.0 Å². The average molecular weight is 528 g/mol. The van der Waals surface area contributed by atoms with Gasteiger partial charge < -0.3 is 25.0 Å². The van der Waals surface area contributed by atoms with Crippen LogP contribution < -0.4 is 15.0 Å². The van der Waals surface area contributed by atoms with E-state index in [9.17, 15) is 9.50 Å². The number of piperazine rings is 1. The van der Waals surface area contributed by atoms with E-state index in [1.54, 1.807) is 25.2 Å². The van der Waals surface area contributed by atoms with Crippen LogP contribution in [0.3, 0.4) is 0 Å². The zero-order valence-electron chi connectivity index (χ0n) is 17.3. The first kappa shape index (κ1) is 24.0. The second-order valence-electron chi connectivity index (χ2n) is 6.95. The Morgan fingerprint density at radius 2 is 1.77 bits per heavy atom. The first-order valence-corrected chi connectivity index (χ1v) is 10.0. The second kappa shape index (κ2) is 12.5. The summed E-state index contributed by atoms with van der Waals surface area (Å²) in [6.45, 7) is 4.79. The number of phenols is 1. The molecule has 1 aliphatic heterocycles. The van der Waals surface area contributed by atoms with Crippen LogP contribution in [0.25, 0.3) is 0 Å². The van der Waals surface area contributed by atoms with Gasteiger partial charge in [0.25, 0.3) is 0 Å². The SMILES string of the molecule is CN=C(NCCCCOc1ccc(F)cc1)N1CCN(c2ccccc2O)CC1.I. The van der Waals surface area contributed by atoms with Crippen LogP contribution in [-0.2, 0) is 0 Å². The average Bonchev–Trinajstić information content (AvgIpc) is 2.75. The van der Waals surface area contributed by atoms with E-state index in [1.165, 1.54) is 12.1 Å². The van der Waals surface area contributed by atoms with Gasteiger partial charge in [0, 0.05) is 39.8 Å². The number of para-hydroxylation sites is 2. The standard InChI is InChI=1S/C22H29FN4O2.HI/c1-24-22(25-12-4-5-17-29-19-10-8-18(23)9-11-19)27-15-13-26(14-16-27)20-6-2-3-7-21(20)28;/h2-3,6-11,28H,4-5,12-17H2,1H3,(H,24,25);1H. The van der Waals surface area contributed by atoms with E-state index in [0.29, 0.717) is 18.1 Å². The largest absolute Gasteiger partial charge is 0.506 e. The molecule has 0 radical (unpaired) electrons. The molecule has 3 rings (SSSR count). The highest BCUT2D eigenvalue weighted by atomic mass is 127. The topological polar surface area (TPSA) is 60.3 Å². The third kappa shape index (κ3) is 6.93. The number of ether oxygens (including phenoxy) is 1. The van der Waals surface area contributed by atoms with E-state index >= 15 is 0 Å². The molecule has 8 heteroatoms. The smallest absolute Gasteiger partial charge is 0.193 e. The summed E-state index contributed by atoms with van der Waals surface area (Å²) in [7, 11) is 1.80. The Morgan fingerprint density at radius 3 is 2.43 bits per heavy atom. The van der Waals surface area contributed by atoms with Gasteiger partial charge in [-0.05, 0) is 49.2 Å². The predicted octanol–water partition coefficient (Wildman–Crippen LogP) is 3.71.